The van der Waals surface area contributed by atoms with E-state index < -0.39 is 40.2 Å². The van der Waals surface area contributed by atoms with Crippen LogP contribution in [0.1, 0.15) is 74.2 Å². The summed E-state index contributed by atoms with van der Waals surface area (Å²) in [5.74, 6) is -6.50. The van der Waals surface area contributed by atoms with Crippen LogP contribution >= 0.6 is 0 Å². The van der Waals surface area contributed by atoms with Crippen molar-refractivity contribution in [2.24, 2.45) is 5.92 Å². The Kier molecular flexibility index (Phi) is 7.55. The molecule has 2 saturated carbocycles. The van der Waals surface area contributed by atoms with Gasteiger partial charge in [-0.1, -0.05) is 25.0 Å². The fraction of sp³-hybridized carbons (Fsp3) is 0.483. The van der Waals surface area contributed by atoms with Crippen LogP contribution in [0, 0.1) is 23.4 Å². The van der Waals surface area contributed by atoms with E-state index in [0.29, 0.717) is 18.3 Å². The minimum Gasteiger partial charge on any atom is -0.488 e. The lowest BCUT2D eigenvalue weighted by molar-refractivity contribution is -0.131. The quantitative estimate of drug-likeness (QED) is 0.457. The molecule has 39 heavy (non-hydrogen) atoms. The number of hydrogen-bond donors (Lipinski definition) is 2. The number of carbonyl (C=O) groups is 3. The van der Waals surface area contributed by atoms with E-state index >= 15 is 0 Å². The van der Waals surface area contributed by atoms with E-state index in [-0.39, 0.29) is 36.8 Å². The van der Waals surface area contributed by atoms with Gasteiger partial charge in [-0.15, -0.1) is 0 Å². The van der Waals surface area contributed by atoms with Crippen LogP contribution < -0.4 is 15.4 Å². The molecule has 0 bridgehead atoms. The number of carbonyl (C=O) groups excluding carboxylic acids is 3. The van der Waals surface area contributed by atoms with Crippen molar-refractivity contribution in [3.05, 3.63) is 58.9 Å². The van der Waals surface area contributed by atoms with Crippen molar-refractivity contribution < 1.29 is 32.3 Å². The number of anilines is 1. The summed E-state index contributed by atoms with van der Waals surface area (Å²) in [5.41, 5.74) is -0.0564. The largest absolute Gasteiger partial charge is 0.488 e. The van der Waals surface area contributed by atoms with Gasteiger partial charge in [0.15, 0.2) is 17.4 Å². The van der Waals surface area contributed by atoms with Crippen LogP contribution in [-0.4, -0.2) is 41.8 Å². The molecule has 1 unspecified atom stereocenters. The molecular formula is C29H32F3N3O4. The highest BCUT2D eigenvalue weighted by Gasteiger charge is 2.44. The molecule has 7 nitrogen and oxygen atoms in total. The molecule has 0 radical (unpaired) electrons. The highest BCUT2D eigenvalue weighted by atomic mass is 19.2. The molecule has 2 aromatic rings. The number of likely N-dealkylation sites (tertiary alicyclic amines) is 1. The van der Waals surface area contributed by atoms with Crippen LogP contribution in [0.4, 0.5) is 18.9 Å². The highest BCUT2D eigenvalue weighted by molar-refractivity contribution is 6.04. The second-order valence-corrected chi connectivity index (χ2v) is 10.6. The number of amides is 3. The average molecular weight is 544 g/mol. The van der Waals surface area contributed by atoms with Crippen molar-refractivity contribution in [3.8, 4) is 5.75 Å². The zero-order chi connectivity index (χ0) is 27.7. The number of nitrogens with one attached hydrogen (secondary N) is 2. The summed E-state index contributed by atoms with van der Waals surface area (Å²) < 4.78 is 47.3. The predicted octanol–water partition coefficient (Wildman–Crippen LogP) is 5.04. The Morgan fingerprint density at radius 1 is 1.05 bits per heavy atom. The number of ether oxygens (including phenoxy) is 1. The third-order valence-corrected chi connectivity index (χ3v) is 8.21. The normalized spacial score (nSPS) is 20.6. The molecule has 0 spiro atoms. The number of nitrogens with zero attached hydrogens (tertiary/aromatic N) is 1. The third-order valence-electron chi connectivity index (χ3n) is 8.21. The summed E-state index contributed by atoms with van der Waals surface area (Å²) in [4.78, 5) is 40.3. The van der Waals surface area contributed by atoms with Crippen molar-refractivity contribution in [3.63, 3.8) is 0 Å². The maximum atomic E-state index is 14.7. The van der Waals surface area contributed by atoms with Gasteiger partial charge in [0.1, 0.15) is 0 Å². The standard InChI is InChI=1S/C29H32F3N3O4/c1-2-39-26-24(31)21(15-22(30)25(26)32)28(38)33-19-10-8-18(9-11-19)29(12-5-13-29)34-27(37)17-14-23(36)35(16-17)20-6-3-4-7-20/h8-11,15,17,20H,2-7,12-14,16H2,1H3,(H,33,38)(H,34,37). The van der Waals surface area contributed by atoms with E-state index in [0.717, 1.165) is 50.5 Å². The van der Waals surface area contributed by atoms with Crippen molar-refractivity contribution in [2.75, 3.05) is 18.5 Å². The van der Waals surface area contributed by atoms with Crippen molar-refractivity contribution in [2.45, 2.75) is 69.9 Å². The Morgan fingerprint density at radius 3 is 2.36 bits per heavy atom. The second kappa shape index (κ2) is 10.9. The van der Waals surface area contributed by atoms with Gasteiger partial charge in [-0.05, 0) is 62.8 Å². The summed E-state index contributed by atoms with van der Waals surface area (Å²) >= 11 is 0. The van der Waals surface area contributed by atoms with Gasteiger partial charge in [-0.3, -0.25) is 14.4 Å². The monoisotopic (exact) mass is 543 g/mol. The Hall–Kier alpha value is -3.56. The molecule has 10 heteroatoms. The Bertz CT molecular complexity index is 1270. The van der Waals surface area contributed by atoms with Crippen LogP contribution in [0.25, 0.3) is 0 Å². The number of hydrogen-bond acceptors (Lipinski definition) is 4. The van der Waals surface area contributed by atoms with Crippen LogP contribution in [-0.2, 0) is 15.1 Å². The average Bonchev–Trinajstić information content (AvgIpc) is 3.56. The van der Waals surface area contributed by atoms with Crippen LogP contribution in [0.2, 0.25) is 0 Å². The first-order valence-electron chi connectivity index (χ1n) is 13.6. The lowest BCUT2D eigenvalue weighted by Crippen LogP contribution is -2.52. The number of benzene rings is 2. The molecule has 2 N–H and O–H groups in total. The maximum absolute atomic E-state index is 14.7. The lowest BCUT2D eigenvalue weighted by atomic mass is 9.71. The minimum absolute atomic E-state index is 0.0515. The summed E-state index contributed by atoms with van der Waals surface area (Å²) in [6.45, 7) is 1.84. The topological polar surface area (TPSA) is 87.7 Å². The summed E-state index contributed by atoms with van der Waals surface area (Å²) in [6.07, 6.45) is 6.91. The van der Waals surface area contributed by atoms with Gasteiger partial charge in [0.2, 0.25) is 17.6 Å². The molecule has 2 aliphatic carbocycles. The molecule has 1 aliphatic heterocycles. The van der Waals surface area contributed by atoms with E-state index in [1.165, 1.54) is 6.92 Å². The van der Waals surface area contributed by atoms with E-state index in [1.54, 1.807) is 24.3 Å². The molecule has 3 aliphatic rings. The Balaban J connectivity index is 1.26. The first-order valence-corrected chi connectivity index (χ1v) is 13.6. The predicted molar refractivity (Wildman–Crippen MR) is 138 cm³/mol. The SMILES string of the molecule is CCOc1c(F)c(F)cc(C(=O)Nc2ccc(C3(NC(=O)C4CC(=O)N(C5CCCC5)C4)CCC3)cc2)c1F. The van der Waals surface area contributed by atoms with Gasteiger partial charge in [0, 0.05) is 24.7 Å². The molecule has 1 atom stereocenters. The van der Waals surface area contributed by atoms with Gasteiger partial charge in [-0.2, -0.15) is 4.39 Å². The van der Waals surface area contributed by atoms with E-state index in [2.05, 4.69) is 10.6 Å². The fourth-order valence-corrected chi connectivity index (χ4v) is 5.92. The zero-order valence-electron chi connectivity index (χ0n) is 21.8. The Labute approximate surface area is 225 Å². The maximum Gasteiger partial charge on any atom is 0.258 e. The van der Waals surface area contributed by atoms with E-state index in [4.69, 9.17) is 4.74 Å². The lowest BCUT2D eigenvalue weighted by Gasteiger charge is -2.43. The van der Waals surface area contributed by atoms with Crippen molar-refractivity contribution in [1.82, 2.24) is 10.2 Å². The molecule has 1 heterocycles. The van der Waals surface area contributed by atoms with E-state index in [1.807, 2.05) is 4.90 Å². The first-order chi connectivity index (χ1) is 18.7. The molecule has 208 valence electrons. The third kappa shape index (κ3) is 5.21. The fourth-order valence-electron chi connectivity index (χ4n) is 5.92. The number of rotatable bonds is 8. The molecular weight excluding hydrogens is 511 g/mol. The van der Waals surface area contributed by atoms with Gasteiger partial charge in [-0.25, -0.2) is 8.78 Å². The zero-order valence-corrected chi connectivity index (χ0v) is 21.8. The second-order valence-electron chi connectivity index (χ2n) is 10.6. The molecule has 5 rings (SSSR count). The number of halogens is 3. The van der Waals surface area contributed by atoms with E-state index in [9.17, 15) is 27.6 Å². The molecule has 3 amide bonds. The smallest absolute Gasteiger partial charge is 0.258 e. The minimum atomic E-state index is -1.49. The summed E-state index contributed by atoms with van der Waals surface area (Å²) in [7, 11) is 0. The van der Waals surface area contributed by atoms with Gasteiger partial charge in [0.05, 0.1) is 23.6 Å². The van der Waals surface area contributed by atoms with Gasteiger partial charge in [0.25, 0.3) is 5.91 Å². The summed E-state index contributed by atoms with van der Waals surface area (Å²) in [5, 5.41) is 5.69. The van der Waals surface area contributed by atoms with Gasteiger partial charge >= 0.3 is 0 Å². The molecule has 3 fully saturated rings. The molecule has 0 aromatic heterocycles. The highest BCUT2D eigenvalue weighted by Crippen LogP contribution is 2.42. The van der Waals surface area contributed by atoms with Crippen molar-refractivity contribution in [1.29, 1.82) is 0 Å². The van der Waals surface area contributed by atoms with Gasteiger partial charge < -0.3 is 20.3 Å². The van der Waals surface area contributed by atoms with Crippen molar-refractivity contribution >= 4 is 23.4 Å². The van der Waals surface area contributed by atoms with Crippen LogP contribution in [0.5, 0.6) is 5.75 Å². The first kappa shape index (κ1) is 27.0. The Morgan fingerprint density at radius 2 is 1.74 bits per heavy atom. The molecule has 2 aromatic carbocycles. The summed E-state index contributed by atoms with van der Waals surface area (Å²) in [6, 6.07) is 7.52. The van der Waals surface area contributed by atoms with Crippen LogP contribution in [0.15, 0.2) is 30.3 Å². The molecule has 1 saturated heterocycles. The van der Waals surface area contributed by atoms with Crippen LogP contribution in [0.3, 0.4) is 0 Å².